The van der Waals surface area contributed by atoms with Crippen LogP contribution in [0, 0.1) is 0 Å². The second-order valence-electron chi connectivity index (χ2n) is 4.38. The summed E-state index contributed by atoms with van der Waals surface area (Å²) in [6, 6.07) is 9.39. The fourth-order valence-corrected chi connectivity index (χ4v) is 1.89. The average Bonchev–Trinajstić information content (AvgIpc) is 2.45. The molecule has 1 heterocycles. The zero-order chi connectivity index (χ0) is 13.9. The Labute approximate surface area is 115 Å². The van der Waals surface area contributed by atoms with E-state index in [1.54, 1.807) is 0 Å². The number of halogens is 1. The lowest BCUT2D eigenvalue weighted by atomic mass is 9.93. The smallest absolute Gasteiger partial charge is 0.271 e. The van der Waals surface area contributed by atoms with Crippen LogP contribution in [0.25, 0.3) is 0 Å². The summed E-state index contributed by atoms with van der Waals surface area (Å²) in [7, 11) is 0. The Balaban J connectivity index is 2.39. The van der Waals surface area contributed by atoms with Crippen LogP contribution in [0.5, 0.6) is 0 Å². The van der Waals surface area contributed by atoms with Crippen molar-refractivity contribution >= 4 is 17.4 Å². The first-order chi connectivity index (χ1) is 9.07. The molecule has 3 N–H and O–H groups in total. The molecular formula is C13H14ClN3O2. The molecule has 0 spiro atoms. The Kier molecular flexibility index (Phi) is 3.87. The van der Waals surface area contributed by atoms with Crippen LogP contribution in [0.1, 0.15) is 12.5 Å². The van der Waals surface area contributed by atoms with E-state index < -0.39 is 11.1 Å². The number of rotatable bonds is 4. The van der Waals surface area contributed by atoms with E-state index in [0.29, 0.717) is 0 Å². The van der Waals surface area contributed by atoms with Gasteiger partial charge in [-0.25, -0.2) is 4.98 Å². The number of H-pyrrole nitrogens is 1. The van der Waals surface area contributed by atoms with E-state index in [4.69, 9.17) is 11.6 Å². The lowest BCUT2D eigenvalue weighted by Crippen LogP contribution is -2.36. The maximum Gasteiger partial charge on any atom is 0.271 e. The molecule has 19 heavy (non-hydrogen) atoms. The first-order valence-corrected chi connectivity index (χ1v) is 6.12. The van der Waals surface area contributed by atoms with Crippen LogP contribution in [0.4, 0.5) is 5.82 Å². The van der Waals surface area contributed by atoms with Gasteiger partial charge < -0.3 is 15.4 Å². The van der Waals surface area contributed by atoms with Gasteiger partial charge in [-0.15, -0.1) is 0 Å². The molecule has 0 radical (unpaired) electrons. The Morgan fingerprint density at radius 3 is 2.74 bits per heavy atom. The highest BCUT2D eigenvalue weighted by molar-refractivity contribution is 6.32. The predicted octanol–water partition coefficient (Wildman–Crippen LogP) is 1.74. The maximum atomic E-state index is 11.4. The van der Waals surface area contributed by atoms with Crippen LogP contribution in [-0.2, 0) is 5.54 Å². The van der Waals surface area contributed by atoms with Crippen LogP contribution < -0.4 is 10.9 Å². The topological polar surface area (TPSA) is 78.0 Å². The minimum atomic E-state index is -0.772. The van der Waals surface area contributed by atoms with Crippen LogP contribution in [0.3, 0.4) is 0 Å². The third-order valence-corrected chi connectivity index (χ3v) is 3.27. The number of aliphatic hydroxyl groups is 1. The number of hydrogen-bond acceptors (Lipinski definition) is 4. The van der Waals surface area contributed by atoms with Gasteiger partial charge in [0.25, 0.3) is 5.56 Å². The number of aliphatic hydroxyl groups excluding tert-OH is 1. The quantitative estimate of drug-likeness (QED) is 0.797. The van der Waals surface area contributed by atoms with Gasteiger partial charge in [-0.2, -0.15) is 0 Å². The average molecular weight is 280 g/mol. The van der Waals surface area contributed by atoms with E-state index in [9.17, 15) is 9.90 Å². The third kappa shape index (κ3) is 2.77. The van der Waals surface area contributed by atoms with Crippen molar-refractivity contribution in [3.8, 4) is 0 Å². The first-order valence-electron chi connectivity index (χ1n) is 5.74. The highest BCUT2D eigenvalue weighted by Gasteiger charge is 2.27. The largest absolute Gasteiger partial charge is 0.394 e. The third-order valence-electron chi connectivity index (χ3n) is 2.92. The summed E-state index contributed by atoms with van der Waals surface area (Å²) < 4.78 is 0. The predicted molar refractivity (Wildman–Crippen MR) is 74.4 cm³/mol. The van der Waals surface area contributed by atoms with Crippen molar-refractivity contribution in [2.24, 2.45) is 0 Å². The van der Waals surface area contributed by atoms with E-state index >= 15 is 0 Å². The highest BCUT2D eigenvalue weighted by atomic mass is 35.5. The van der Waals surface area contributed by atoms with E-state index in [1.807, 2.05) is 37.3 Å². The molecule has 0 saturated heterocycles. The number of aromatic amines is 1. The van der Waals surface area contributed by atoms with Gasteiger partial charge in [-0.3, -0.25) is 4.79 Å². The number of nitrogens with zero attached hydrogens (tertiary/aromatic N) is 1. The molecule has 1 atom stereocenters. The lowest BCUT2D eigenvalue weighted by Gasteiger charge is -2.30. The van der Waals surface area contributed by atoms with E-state index in [-0.39, 0.29) is 17.4 Å². The second kappa shape index (κ2) is 5.42. The van der Waals surface area contributed by atoms with Crippen molar-refractivity contribution in [2.75, 3.05) is 11.9 Å². The molecule has 0 saturated carbocycles. The van der Waals surface area contributed by atoms with Crippen LogP contribution in [0.15, 0.2) is 41.5 Å². The summed E-state index contributed by atoms with van der Waals surface area (Å²) in [6.07, 6.45) is 1.26. The molecule has 0 fully saturated rings. The van der Waals surface area contributed by atoms with Crippen molar-refractivity contribution in [3.63, 3.8) is 0 Å². The number of hydrogen-bond donors (Lipinski definition) is 3. The molecule has 1 unspecified atom stereocenters. The molecule has 0 amide bonds. The van der Waals surface area contributed by atoms with Crippen molar-refractivity contribution in [2.45, 2.75) is 12.5 Å². The fraction of sp³-hybridized carbons (Fsp3) is 0.231. The van der Waals surface area contributed by atoms with E-state index in [2.05, 4.69) is 15.3 Å². The summed E-state index contributed by atoms with van der Waals surface area (Å²) in [6.45, 7) is 1.64. The molecule has 2 aromatic rings. The second-order valence-corrected chi connectivity index (χ2v) is 4.75. The van der Waals surface area contributed by atoms with Gasteiger partial charge >= 0.3 is 0 Å². The summed E-state index contributed by atoms with van der Waals surface area (Å²) in [5.74, 6) is 0.241. The van der Waals surface area contributed by atoms with E-state index in [1.165, 1.54) is 6.33 Å². The number of benzene rings is 1. The van der Waals surface area contributed by atoms with Gasteiger partial charge in [0.05, 0.1) is 18.5 Å². The Morgan fingerprint density at radius 1 is 1.42 bits per heavy atom. The maximum absolute atomic E-state index is 11.4. The van der Waals surface area contributed by atoms with Gasteiger partial charge in [0.2, 0.25) is 0 Å². The van der Waals surface area contributed by atoms with Crippen molar-refractivity contribution in [1.82, 2.24) is 9.97 Å². The molecule has 5 nitrogen and oxygen atoms in total. The molecule has 100 valence electrons. The zero-order valence-corrected chi connectivity index (χ0v) is 11.1. The standard InChI is InChI=1S/C13H14ClN3O2/c1-13(7-18,9-5-3-2-4-6-9)17-11-10(14)12(19)16-8-15-11/h2-6,8,18H,7H2,1H3,(H2,15,16,17,19). The molecule has 1 aromatic heterocycles. The highest BCUT2D eigenvalue weighted by Crippen LogP contribution is 2.26. The van der Waals surface area contributed by atoms with Gasteiger partial charge in [0.1, 0.15) is 5.02 Å². The number of nitrogens with one attached hydrogen (secondary N) is 2. The van der Waals surface area contributed by atoms with Gasteiger partial charge in [0.15, 0.2) is 5.82 Å². The van der Waals surface area contributed by atoms with Crippen molar-refractivity contribution in [3.05, 3.63) is 57.6 Å². The Hall–Kier alpha value is -1.85. The first kappa shape index (κ1) is 13.6. The molecule has 0 aliphatic carbocycles. The summed E-state index contributed by atoms with van der Waals surface area (Å²) in [4.78, 5) is 17.8. The normalized spacial score (nSPS) is 13.8. The van der Waals surface area contributed by atoms with Gasteiger partial charge in [-0.1, -0.05) is 41.9 Å². The number of anilines is 1. The monoisotopic (exact) mass is 279 g/mol. The van der Waals surface area contributed by atoms with Crippen molar-refractivity contribution in [1.29, 1.82) is 0 Å². The number of aromatic nitrogens is 2. The Bertz CT molecular complexity index is 615. The van der Waals surface area contributed by atoms with Crippen LogP contribution >= 0.6 is 11.6 Å². The lowest BCUT2D eigenvalue weighted by molar-refractivity contribution is 0.223. The van der Waals surface area contributed by atoms with Crippen LogP contribution in [-0.4, -0.2) is 21.7 Å². The molecule has 1 aromatic carbocycles. The molecular weight excluding hydrogens is 266 g/mol. The van der Waals surface area contributed by atoms with Gasteiger partial charge in [-0.05, 0) is 12.5 Å². The van der Waals surface area contributed by atoms with Crippen molar-refractivity contribution < 1.29 is 5.11 Å². The minimum Gasteiger partial charge on any atom is -0.394 e. The molecule has 0 bridgehead atoms. The summed E-state index contributed by atoms with van der Waals surface area (Å²) in [5.41, 5.74) is -0.325. The molecule has 6 heteroatoms. The van der Waals surface area contributed by atoms with Gasteiger partial charge in [0, 0.05) is 0 Å². The molecule has 0 aliphatic rings. The summed E-state index contributed by atoms with van der Waals surface area (Å²) >= 11 is 5.89. The van der Waals surface area contributed by atoms with E-state index in [0.717, 1.165) is 5.56 Å². The van der Waals surface area contributed by atoms with Crippen LogP contribution in [0.2, 0.25) is 5.02 Å². The summed E-state index contributed by atoms with van der Waals surface area (Å²) in [5, 5.41) is 12.6. The SMILES string of the molecule is CC(CO)(Nc1nc[nH]c(=O)c1Cl)c1ccccc1. The molecule has 0 aliphatic heterocycles. The zero-order valence-electron chi connectivity index (χ0n) is 10.4. The minimum absolute atomic E-state index is 0.0295. The molecule has 2 rings (SSSR count). The Morgan fingerprint density at radius 2 is 2.11 bits per heavy atom. The fourth-order valence-electron chi connectivity index (χ4n) is 1.74.